The third-order valence-electron chi connectivity index (χ3n) is 3.35. The molecule has 0 saturated heterocycles. The maximum Gasteiger partial charge on any atom is 0.214 e. The van der Waals surface area contributed by atoms with Gasteiger partial charge in [0.05, 0.1) is 12.2 Å². The number of hydrogen-bond donors (Lipinski definition) is 2. The molecule has 0 amide bonds. The van der Waals surface area contributed by atoms with Gasteiger partial charge in [0.25, 0.3) is 0 Å². The highest BCUT2D eigenvalue weighted by atomic mass is 16.4. The predicted octanol–water partition coefficient (Wildman–Crippen LogP) is 3.17. The first kappa shape index (κ1) is 17.5. The minimum atomic E-state index is 0.417. The number of guanidine groups is 1. The van der Waals surface area contributed by atoms with Gasteiger partial charge in [0.15, 0.2) is 5.96 Å². The maximum atomic E-state index is 5.53. The van der Waals surface area contributed by atoms with Crippen molar-refractivity contribution in [3.63, 3.8) is 0 Å². The molecular weight excluding hydrogens is 264 g/mol. The average Bonchev–Trinajstić information content (AvgIpc) is 2.71. The maximum absolute atomic E-state index is 5.53. The van der Waals surface area contributed by atoms with E-state index in [1.165, 1.54) is 12.8 Å². The third kappa shape index (κ3) is 7.16. The SMILES string of the molecule is CN=C(NCCCCC(C)(C)C)NCc1nc(C)c(C)o1. The highest BCUT2D eigenvalue weighted by molar-refractivity contribution is 5.79. The fraction of sp³-hybridized carbons (Fsp3) is 0.750. The summed E-state index contributed by atoms with van der Waals surface area (Å²) < 4.78 is 5.53. The van der Waals surface area contributed by atoms with E-state index in [0.29, 0.717) is 17.9 Å². The summed E-state index contributed by atoms with van der Waals surface area (Å²) in [4.78, 5) is 8.55. The monoisotopic (exact) mass is 294 g/mol. The molecule has 2 N–H and O–H groups in total. The Morgan fingerprint density at radius 1 is 1.19 bits per heavy atom. The first-order valence-corrected chi connectivity index (χ1v) is 7.69. The predicted molar refractivity (Wildman–Crippen MR) is 87.5 cm³/mol. The van der Waals surface area contributed by atoms with E-state index in [0.717, 1.165) is 30.4 Å². The third-order valence-corrected chi connectivity index (χ3v) is 3.35. The van der Waals surface area contributed by atoms with Crippen LogP contribution in [0.5, 0.6) is 0 Å². The number of aromatic nitrogens is 1. The molecule has 0 saturated carbocycles. The van der Waals surface area contributed by atoms with E-state index in [1.54, 1.807) is 7.05 Å². The van der Waals surface area contributed by atoms with E-state index in [4.69, 9.17) is 4.42 Å². The molecule has 0 spiro atoms. The van der Waals surface area contributed by atoms with Crippen LogP contribution in [0.15, 0.2) is 9.41 Å². The summed E-state index contributed by atoms with van der Waals surface area (Å²) in [7, 11) is 1.77. The molecule has 0 unspecified atom stereocenters. The van der Waals surface area contributed by atoms with Crippen LogP contribution in [0, 0.1) is 19.3 Å². The second-order valence-corrected chi connectivity index (χ2v) is 6.62. The van der Waals surface area contributed by atoms with Crippen molar-refractivity contribution < 1.29 is 4.42 Å². The van der Waals surface area contributed by atoms with Gasteiger partial charge in [-0.1, -0.05) is 27.2 Å². The highest BCUT2D eigenvalue weighted by Gasteiger charge is 2.09. The van der Waals surface area contributed by atoms with Crippen LogP contribution >= 0.6 is 0 Å². The Bertz CT molecular complexity index is 438. The van der Waals surface area contributed by atoms with Gasteiger partial charge in [0.2, 0.25) is 5.89 Å². The van der Waals surface area contributed by atoms with Crippen LogP contribution in [-0.4, -0.2) is 24.5 Å². The second kappa shape index (κ2) is 8.05. The lowest BCUT2D eigenvalue weighted by Gasteiger charge is -2.17. The molecule has 0 atom stereocenters. The molecule has 1 aromatic rings. The molecule has 0 aliphatic carbocycles. The summed E-state index contributed by atoms with van der Waals surface area (Å²) in [5.74, 6) is 2.36. The number of rotatable bonds is 6. The molecule has 1 rings (SSSR count). The van der Waals surface area contributed by atoms with Crippen LogP contribution in [0.4, 0.5) is 0 Å². The molecule has 120 valence electrons. The fourth-order valence-electron chi connectivity index (χ4n) is 1.98. The second-order valence-electron chi connectivity index (χ2n) is 6.62. The number of aliphatic imine (C=N–C) groups is 1. The van der Waals surface area contributed by atoms with Gasteiger partial charge in [-0.15, -0.1) is 0 Å². The molecule has 0 aliphatic heterocycles. The molecule has 0 aliphatic rings. The van der Waals surface area contributed by atoms with E-state index >= 15 is 0 Å². The Morgan fingerprint density at radius 2 is 1.90 bits per heavy atom. The Labute approximate surface area is 128 Å². The quantitative estimate of drug-likeness (QED) is 0.480. The van der Waals surface area contributed by atoms with Gasteiger partial charge in [-0.05, 0) is 32.1 Å². The van der Waals surface area contributed by atoms with Crippen molar-refractivity contribution in [3.05, 3.63) is 17.3 Å². The summed E-state index contributed by atoms with van der Waals surface area (Å²) in [6, 6.07) is 0. The van der Waals surface area contributed by atoms with Gasteiger partial charge in [-0.2, -0.15) is 0 Å². The zero-order valence-electron chi connectivity index (χ0n) is 14.3. The molecule has 0 bridgehead atoms. The van der Waals surface area contributed by atoms with Crippen molar-refractivity contribution in [2.75, 3.05) is 13.6 Å². The molecule has 0 radical (unpaired) electrons. The van der Waals surface area contributed by atoms with E-state index in [9.17, 15) is 0 Å². The van der Waals surface area contributed by atoms with E-state index < -0.39 is 0 Å². The molecule has 0 aromatic carbocycles. The molecule has 0 fully saturated rings. The number of unbranched alkanes of at least 4 members (excludes halogenated alkanes) is 1. The molecule has 1 aromatic heterocycles. The summed E-state index contributed by atoms with van der Waals surface area (Å²) in [5.41, 5.74) is 1.36. The van der Waals surface area contributed by atoms with Gasteiger partial charge in [-0.3, -0.25) is 4.99 Å². The van der Waals surface area contributed by atoms with Crippen LogP contribution in [-0.2, 0) is 6.54 Å². The normalized spacial score (nSPS) is 12.6. The number of hydrogen-bond acceptors (Lipinski definition) is 3. The van der Waals surface area contributed by atoms with E-state index in [1.807, 2.05) is 13.8 Å². The standard InChI is InChI=1S/C16H30N4O/c1-12-13(2)21-14(20-12)11-19-15(17-6)18-10-8-7-9-16(3,4)5/h7-11H2,1-6H3,(H2,17,18,19). The molecule has 5 heteroatoms. The van der Waals surface area contributed by atoms with Crippen molar-refractivity contribution in [1.29, 1.82) is 0 Å². The number of oxazole rings is 1. The zero-order valence-corrected chi connectivity index (χ0v) is 14.3. The van der Waals surface area contributed by atoms with Crippen LogP contribution in [0.25, 0.3) is 0 Å². The largest absolute Gasteiger partial charge is 0.444 e. The smallest absolute Gasteiger partial charge is 0.214 e. The zero-order chi connectivity index (χ0) is 15.9. The Hall–Kier alpha value is -1.52. The van der Waals surface area contributed by atoms with Gasteiger partial charge in [0.1, 0.15) is 5.76 Å². The van der Waals surface area contributed by atoms with Crippen molar-refractivity contribution in [2.24, 2.45) is 10.4 Å². The Balaban J connectivity index is 2.23. The summed E-state index contributed by atoms with van der Waals surface area (Å²) in [6.07, 6.45) is 3.62. The summed E-state index contributed by atoms with van der Waals surface area (Å²) in [6.45, 7) is 12.2. The summed E-state index contributed by atoms with van der Waals surface area (Å²) in [5, 5.41) is 6.53. The van der Waals surface area contributed by atoms with Gasteiger partial charge in [0, 0.05) is 13.6 Å². The lowest BCUT2D eigenvalue weighted by molar-refractivity contribution is 0.360. The molecule has 5 nitrogen and oxygen atoms in total. The number of nitrogens with zero attached hydrogens (tertiary/aromatic N) is 2. The molecule has 21 heavy (non-hydrogen) atoms. The minimum absolute atomic E-state index is 0.417. The Morgan fingerprint density at radius 3 is 2.43 bits per heavy atom. The van der Waals surface area contributed by atoms with Crippen LogP contribution in [0.1, 0.15) is 57.4 Å². The average molecular weight is 294 g/mol. The first-order chi connectivity index (χ1) is 9.81. The fourth-order valence-corrected chi connectivity index (χ4v) is 1.98. The van der Waals surface area contributed by atoms with Crippen LogP contribution < -0.4 is 10.6 Å². The van der Waals surface area contributed by atoms with Gasteiger partial charge in [-0.25, -0.2) is 4.98 Å². The first-order valence-electron chi connectivity index (χ1n) is 7.69. The van der Waals surface area contributed by atoms with Gasteiger partial charge < -0.3 is 15.1 Å². The molecular formula is C16H30N4O. The van der Waals surface area contributed by atoms with Crippen molar-refractivity contribution in [1.82, 2.24) is 15.6 Å². The Kier molecular flexibility index (Phi) is 6.72. The highest BCUT2D eigenvalue weighted by Crippen LogP contribution is 2.21. The number of nitrogens with one attached hydrogen (secondary N) is 2. The van der Waals surface area contributed by atoms with Gasteiger partial charge >= 0.3 is 0 Å². The van der Waals surface area contributed by atoms with E-state index in [2.05, 4.69) is 41.4 Å². The number of aryl methyl sites for hydroxylation is 2. The van der Waals surface area contributed by atoms with Crippen LogP contribution in [0.3, 0.4) is 0 Å². The van der Waals surface area contributed by atoms with Crippen molar-refractivity contribution in [2.45, 2.75) is 60.4 Å². The summed E-state index contributed by atoms with van der Waals surface area (Å²) >= 11 is 0. The van der Waals surface area contributed by atoms with E-state index in [-0.39, 0.29) is 0 Å². The lowest BCUT2D eigenvalue weighted by Crippen LogP contribution is -2.37. The van der Waals surface area contributed by atoms with Crippen LogP contribution in [0.2, 0.25) is 0 Å². The lowest BCUT2D eigenvalue weighted by atomic mass is 9.90. The molecule has 1 heterocycles. The van der Waals surface area contributed by atoms with Crippen molar-refractivity contribution >= 4 is 5.96 Å². The van der Waals surface area contributed by atoms with Crippen molar-refractivity contribution in [3.8, 4) is 0 Å². The minimum Gasteiger partial charge on any atom is -0.444 e. The topological polar surface area (TPSA) is 62.5 Å².